The lowest BCUT2D eigenvalue weighted by Crippen LogP contribution is -2.22. The Kier molecular flexibility index (Phi) is 15.9. The van der Waals surface area contributed by atoms with E-state index in [1.165, 1.54) is 12.8 Å². The fourth-order valence-corrected chi connectivity index (χ4v) is 7.78. The third kappa shape index (κ3) is 12.6. The van der Waals surface area contributed by atoms with Gasteiger partial charge in [0.25, 0.3) is 0 Å². The first-order valence-corrected chi connectivity index (χ1v) is 19.1. The van der Waals surface area contributed by atoms with Crippen LogP contribution in [0.5, 0.6) is 11.5 Å². The summed E-state index contributed by atoms with van der Waals surface area (Å²) in [6.45, 7) is 14.4. The number of carbonyl (C=O) groups excluding carboxylic acids is 2. The van der Waals surface area contributed by atoms with E-state index in [2.05, 4.69) is 47.6 Å². The summed E-state index contributed by atoms with van der Waals surface area (Å²) >= 11 is 0. The van der Waals surface area contributed by atoms with Gasteiger partial charge in [0.2, 0.25) is 0 Å². The fourth-order valence-electron chi connectivity index (χ4n) is 7.78. The van der Waals surface area contributed by atoms with Gasteiger partial charge in [0.05, 0.1) is 32.2 Å². The molecule has 0 saturated heterocycles. The number of hydrogen-bond donors (Lipinski definition) is 1. The highest BCUT2D eigenvalue weighted by Crippen LogP contribution is 2.44. The van der Waals surface area contributed by atoms with Gasteiger partial charge in [-0.2, -0.15) is 0 Å². The van der Waals surface area contributed by atoms with Crippen LogP contribution in [-0.4, -0.2) is 37.4 Å². The standard InChI is InChI=1S/C41H68O6/c1-30(22-26-46-38(43)32-18-10-8-11-19-32)16-14-24-40(3,4)34-29-37(45-7)35(28-36(34)42)41(5,6)25-15-17-31(2)23-27-47-39(44)33-20-12-9-13-21-33/h28-33,42H,8-27H2,1-7H3. The number of ether oxygens (including phenoxy) is 3. The molecule has 2 fully saturated rings. The number of aromatic hydroxyl groups is 1. The Morgan fingerprint density at radius 2 is 1.13 bits per heavy atom. The van der Waals surface area contributed by atoms with Crippen LogP contribution in [-0.2, 0) is 29.9 Å². The second-order valence-electron chi connectivity index (χ2n) is 16.4. The molecule has 2 atom stereocenters. The van der Waals surface area contributed by atoms with Crippen LogP contribution in [0.4, 0.5) is 0 Å². The quantitative estimate of drug-likeness (QED) is 0.149. The predicted octanol–water partition coefficient (Wildman–Crippen LogP) is 10.6. The molecule has 0 radical (unpaired) electrons. The number of phenols is 1. The average molecular weight is 657 g/mol. The number of carbonyl (C=O) groups is 2. The average Bonchev–Trinajstić information content (AvgIpc) is 3.05. The highest BCUT2D eigenvalue weighted by molar-refractivity contribution is 5.72. The zero-order valence-electron chi connectivity index (χ0n) is 31.1. The largest absolute Gasteiger partial charge is 0.508 e. The highest BCUT2D eigenvalue weighted by Gasteiger charge is 2.31. The summed E-state index contributed by atoms with van der Waals surface area (Å²) in [5.41, 5.74) is 1.61. The van der Waals surface area contributed by atoms with Crippen LogP contribution < -0.4 is 4.74 Å². The van der Waals surface area contributed by atoms with Crippen LogP contribution in [0.1, 0.15) is 168 Å². The maximum atomic E-state index is 12.4. The molecular weight excluding hydrogens is 588 g/mol. The van der Waals surface area contributed by atoms with Crippen molar-refractivity contribution in [1.82, 2.24) is 0 Å². The van der Waals surface area contributed by atoms with Gasteiger partial charge in [0.15, 0.2) is 0 Å². The third-order valence-electron chi connectivity index (χ3n) is 11.4. The van der Waals surface area contributed by atoms with Gasteiger partial charge in [-0.05, 0) is 86.2 Å². The number of esters is 2. The van der Waals surface area contributed by atoms with Crippen molar-refractivity contribution in [3.8, 4) is 11.5 Å². The van der Waals surface area contributed by atoms with Gasteiger partial charge in [-0.1, -0.05) is 106 Å². The minimum Gasteiger partial charge on any atom is -0.508 e. The summed E-state index contributed by atoms with van der Waals surface area (Å²) in [4.78, 5) is 24.7. The zero-order chi connectivity index (χ0) is 34.5. The summed E-state index contributed by atoms with van der Waals surface area (Å²) in [6.07, 6.45) is 19.0. The van der Waals surface area contributed by atoms with E-state index in [4.69, 9.17) is 14.2 Å². The minimum absolute atomic E-state index is 0.00715. The van der Waals surface area contributed by atoms with Gasteiger partial charge in [-0.3, -0.25) is 9.59 Å². The Morgan fingerprint density at radius 1 is 0.702 bits per heavy atom. The molecule has 6 nitrogen and oxygen atoms in total. The predicted molar refractivity (Wildman–Crippen MR) is 191 cm³/mol. The molecule has 0 amide bonds. The van der Waals surface area contributed by atoms with Crippen molar-refractivity contribution >= 4 is 11.9 Å². The van der Waals surface area contributed by atoms with Crippen molar-refractivity contribution in [3.63, 3.8) is 0 Å². The third-order valence-corrected chi connectivity index (χ3v) is 11.4. The summed E-state index contributed by atoms with van der Waals surface area (Å²) in [5, 5.41) is 11.3. The molecule has 268 valence electrons. The van der Waals surface area contributed by atoms with E-state index >= 15 is 0 Å². The number of benzene rings is 1. The van der Waals surface area contributed by atoms with Crippen molar-refractivity contribution in [2.45, 2.75) is 168 Å². The van der Waals surface area contributed by atoms with Crippen LogP contribution in [0.15, 0.2) is 12.1 Å². The molecule has 2 aliphatic carbocycles. The molecular formula is C41H68O6. The lowest BCUT2D eigenvalue weighted by molar-refractivity contribution is -0.150. The Balaban J connectivity index is 1.44. The van der Waals surface area contributed by atoms with Gasteiger partial charge in [-0.15, -0.1) is 0 Å². The van der Waals surface area contributed by atoms with E-state index in [1.807, 2.05) is 6.07 Å². The van der Waals surface area contributed by atoms with Gasteiger partial charge < -0.3 is 19.3 Å². The molecule has 2 unspecified atom stereocenters. The first-order valence-electron chi connectivity index (χ1n) is 19.1. The summed E-state index contributed by atoms with van der Waals surface area (Å²) < 4.78 is 17.2. The molecule has 1 aromatic carbocycles. The SMILES string of the molecule is COc1cc(C(C)(C)CCCC(C)CCOC(=O)C2CCCCC2)c(O)cc1C(C)(C)CCCC(C)CCOC(=O)C1CCCCC1. The van der Waals surface area contributed by atoms with Crippen molar-refractivity contribution < 1.29 is 28.9 Å². The molecule has 3 rings (SSSR count). The van der Waals surface area contributed by atoms with Crippen molar-refractivity contribution in [3.05, 3.63) is 23.3 Å². The Bertz CT molecular complexity index is 1100. The van der Waals surface area contributed by atoms with Gasteiger partial charge in [0, 0.05) is 11.1 Å². The van der Waals surface area contributed by atoms with Crippen molar-refractivity contribution in [2.75, 3.05) is 20.3 Å². The summed E-state index contributed by atoms with van der Waals surface area (Å²) in [5.74, 6) is 2.40. The number of methoxy groups -OCH3 is 1. The van der Waals surface area contributed by atoms with Crippen LogP contribution in [0.3, 0.4) is 0 Å². The second-order valence-corrected chi connectivity index (χ2v) is 16.4. The monoisotopic (exact) mass is 657 g/mol. The fraction of sp³-hybridized carbons (Fsp3) is 0.805. The van der Waals surface area contributed by atoms with Gasteiger partial charge in [0.1, 0.15) is 11.5 Å². The van der Waals surface area contributed by atoms with Gasteiger partial charge in [-0.25, -0.2) is 0 Å². The number of phenolic OH excluding ortho intramolecular Hbond substituents is 1. The number of hydrogen-bond acceptors (Lipinski definition) is 6. The van der Waals surface area contributed by atoms with E-state index < -0.39 is 0 Å². The lowest BCUT2D eigenvalue weighted by Gasteiger charge is -2.32. The summed E-state index contributed by atoms with van der Waals surface area (Å²) in [7, 11) is 1.72. The second kappa shape index (κ2) is 19.1. The molecule has 2 saturated carbocycles. The molecule has 6 heteroatoms. The van der Waals surface area contributed by atoms with E-state index in [9.17, 15) is 14.7 Å². The van der Waals surface area contributed by atoms with Crippen LogP contribution in [0, 0.1) is 23.7 Å². The molecule has 0 spiro atoms. The Morgan fingerprint density at radius 3 is 1.55 bits per heavy atom. The first kappa shape index (κ1) is 39.2. The topological polar surface area (TPSA) is 82.1 Å². The molecule has 0 bridgehead atoms. The highest BCUT2D eigenvalue weighted by atomic mass is 16.5. The molecule has 47 heavy (non-hydrogen) atoms. The molecule has 0 heterocycles. The molecule has 1 aromatic rings. The maximum absolute atomic E-state index is 12.4. The van der Waals surface area contributed by atoms with E-state index in [0.717, 1.165) is 120 Å². The van der Waals surface area contributed by atoms with Crippen LogP contribution in [0.25, 0.3) is 0 Å². The Labute approximate surface area is 287 Å². The number of rotatable bonds is 19. The minimum atomic E-state index is -0.205. The van der Waals surface area contributed by atoms with E-state index in [-0.39, 0.29) is 34.6 Å². The molecule has 1 N–H and O–H groups in total. The first-order chi connectivity index (χ1) is 22.3. The molecule has 0 aromatic heterocycles. The maximum Gasteiger partial charge on any atom is 0.308 e. The van der Waals surface area contributed by atoms with E-state index in [1.54, 1.807) is 7.11 Å². The molecule has 2 aliphatic rings. The summed E-state index contributed by atoms with van der Waals surface area (Å²) in [6, 6.07) is 4.00. The molecule has 0 aliphatic heterocycles. The van der Waals surface area contributed by atoms with E-state index in [0.29, 0.717) is 30.8 Å². The zero-order valence-corrected chi connectivity index (χ0v) is 31.1. The van der Waals surface area contributed by atoms with Crippen LogP contribution >= 0.6 is 0 Å². The lowest BCUT2D eigenvalue weighted by atomic mass is 9.75. The normalized spacial score (nSPS) is 18.0. The Hall–Kier alpha value is -2.24. The van der Waals surface area contributed by atoms with Crippen molar-refractivity contribution in [2.24, 2.45) is 23.7 Å². The van der Waals surface area contributed by atoms with Crippen molar-refractivity contribution in [1.29, 1.82) is 0 Å². The van der Waals surface area contributed by atoms with Gasteiger partial charge >= 0.3 is 11.9 Å². The van der Waals surface area contributed by atoms with Crippen LogP contribution in [0.2, 0.25) is 0 Å². The smallest absolute Gasteiger partial charge is 0.308 e.